The van der Waals surface area contributed by atoms with Gasteiger partial charge in [0.2, 0.25) is 0 Å². The van der Waals surface area contributed by atoms with Gasteiger partial charge in [0.25, 0.3) is 0 Å². The van der Waals surface area contributed by atoms with Crippen LogP contribution in [-0.4, -0.2) is 43.3 Å². The van der Waals surface area contributed by atoms with Gasteiger partial charge in [-0.3, -0.25) is 0 Å². The molecule has 3 aromatic rings. The Bertz CT molecular complexity index is 815. The number of ether oxygens (including phenoxy) is 1. The summed E-state index contributed by atoms with van der Waals surface area (Å²) < 4.78 is 11.6. The summed E-state index contributed by atoms with van der Waals surface area (Å²) in [6, 6.07) is 3.65. The lowest BCUT2D eigenvalue weighted by atomic mass is 10.3. The van der Waals surface area contributed by atoms with Crippen LogP contribution in [0, 0.1) is 0 Å². The summed E-state index contributed by atoms with van der Waals surface area (Å²) in [5, 5.41) is 13.0. The summed E-state index contributed by atoms with van der Waals surface area (Å²) in [7, 11) is 0. The minimum Gasteiger partial charge on any atom is -0.467 e. The summed E-state index contributed by atoms with van der Waals surface area (Å²) >= 11 is 0. The van der Waals surface area contributed by atoms with Gasteiger partial charge in [0, 0.05) is 0 Å². The summed E-state index contributed by atoms with van der Waals surface area (Å²) in [6.45, 7) is 2.35. The van der Waals surface area contributed by atoms with Gasteiger partial charge >= 0.3 is 5.97 Å². The van der Waals surface area contributed by atoms with Gasteiger partial charge in [0.15, 0.2) is 17.6 Å². The number of rotatable bonds is 7. The molecule has 0 aromatic carbocycles. The Labute approximate surface area is 137 Å². The predicted molar refractivity (Wildman–Crippen MR) is 84.0 cm³/mol. The van der Waals surface area contributed by atoms with E-state index in [9.17, 15) is 9.90 Å². The van der Waals surface area contributed by atoms with Crippen LogP contribution in [0.4, 0.5) is 5.82 Å². The number of nitrogens with one attached hydrogen (secondary N) is 1. The van der Waals surface area contributed by atoms with Crippen LogP contribution in [0.15, 0.2) is 35.5 Å². The fourth-order valence-electron chi connectivity index (χ4n) is 2.23. The van der Waals surface area contributed by atoms with Crippen LogP contribution >= 0.6 is 0 Å². The molecular formula is C15H17N5O4. The zero-order valence-corrected chi connectivity index (χ0v) is 13.0. The van der Waals surface area contributed by atoms with Crippen LogP contribution in [0.2, 0.25) is 0 Å². The zero-order valence-electron chi connectivity index (χ0n) is 13.0. The molecule has 0 aliphatic heterocycles. The molecule has 3 rings (SSSR count). The summed E-state index contributed by atoms with van der Waals surface area (Å²) in [6.07, 6.45) is 3.21. The fraction of sp³-hybridized carbons (Fsp3) is 0.333. The number of esters is 1. The second-order valence-electron chi connectivity index (χ2n) is 4.99. The highest BCUT2D eigenvalue weighted by Gasteiger charge is 2.19. The Balaban J connectivity index is 1.77. The SMILES string of the molecule is CCOC(=O)[C@H](O)Cn1cnc2c(NCc3ccco3)ncnc21. The third kappa shape index (κ3) is 3.35. The number of hydrogen-bond acceptors (Lipinski definition) is 8. The molecule has 0 saturated carbocycles. The van der Waals surface area contributed by atoms with Crippen LogP contribution in [0.1, 0.15) is 12.7 Å². The van der Waals surface area contributed by atoms with Gasteiger partial charge in [-0.1, -0.05) is 0 Å². The lowest BCUT2D eigenvalue weighted by molar-refractivity contribution is -0.153. The lowest BCUT2D eigenvalue weighted by Gasteiger charge is -2.10. The topological polar surface area (TPSA) is 115 Å². The van der Waals surface area contributed by atoms with Crippen LogP contribution < -0.4 is 5.32 Å². The molecule has 24 heavy (non-hydrogen) atoms. The normalized spacial score (nSPS) is 12.2. The molecule has 1 atom stereocenters. The summed E-state index contributed by atoms with van der Waals surface area (Å²) in [4.78, 5) is 24.1. The van der Waals surface area contributed by atoms with Crippen molar-refractivity contribution in [2.45, 2.75) is 26.1 Å². The van der Waals surface area contributed by atoms with Crippen molar-refractivity contribution in [2.24, 2.45) is 0 Å². The molecule has 0 amide bonds. The van der Waals surface area contributed by atoms with E-state index in [-0.39, 0.29) is 13.2 Å². The second-order valence-corrected chi connectivity index (χ2v) is 4.99. The molecule has 0 unspecified atom stereocenters. The Kier molecular flexibility index (Phi) is 4.71. The first-order chi connectivity index (χ1) is 11.7. The van der Waals surface area contributed by atoms with E-state index >= 15 is 0 Å². The van der Waals surface area contributed by atoms with Crippen molar-refractivity contribution in [1.29, 1.82) is 0 Å². The number of furan rings is 1. The number of carbonyl (C=O) groups excluding carboxylic acids is 1. The Morgan fingerprint density at radius 3 is 3.08 bits per heavy atom. The molecule has 9 nitrogen and oxygen atoms in total. The first-order valence-electron chi connectivity index (χ1n) is 7.45. The van der Waals surface area contributed by atoms with E-state index in [0.717, 1.165) is 5.76 Å². The van der Waals surface area contributed by atoms with Crippen molar-refractivity contribution in [1.82, 2.24) is 19.5 Å². The molecule has 0 radical (unpaired) electrons. The molecule has 126 valence electrons. The Morgan fingerprint density at radius 2 is 2.33 bits per heavy atom. The number of anilines is 1. The maximum absolute atomic E-state index is 11.5. The standard InChI is InChI=1S/C15H17N5O4/c1-2-23-15(22)11(21)7-20-9-19-12-13(17-8-18-14(12)20)16-6-10-4-3-5-24-10/h3-5,8-9,11,21H,2,6-7H2,1H3,(H,16,17,18)/t11-/m1/s1. The molecule has 2 N–H and O–H groups in total. The molecule has 0 spiro atoms. The van der Waals surface area contributed by atoms with Crippen LogP contribution in [0.25, 0.3) is 11.2 Å². The van der Waals surface area contributed by atoms with E-state index in [0.29, 0.717) is 23.5 Å². The molecule has 3 aromatic heterocycles. The van der Waals surface area contributed by atoms with Crippen molar-refractivity contribution in [3.8, 4) is 0 Å². The molecular weight excluding hydrogens is 314 g/mol. The monoisotopic (exact) mass is 331 g/mol. The van der Waals surface area contributed by atoms with Gasteiger partial charge in [0.05, 0.1) is 32.3 Å². The smallest absolute Gasteiger partial charge is 0.336 e. The third-order valence-electron chi connectivity index (χ3n) is 3.34. The van der Waals surface area contributed by atoms with Crippen LogP contribution in [0.3, 0.4) is 0 Å². The van der Waals surface area contributed by atoms with Gasteiger partial charge in [-0.25, -0.2) is 19.7 Å². The average molecular weight is 331 g/mol. The van der Waals surface area contributed by atoms with Gasteiger partial charge in [0.1, 0.15) is 17.6 Å². The molecule has 0 aliphatic rings. The molecule has 3 heterocycles. The molecule has 9 heteroatoms. The third-order valence-corrected chi connectivity index (χ3v) is 3.34. The van der Waals surface area contributed by atoms with Gasteiger partial charge in [-0.2, -0.15) is 0 Å². The maximum atomic E-state index is 11.5. The summed E-state index contributed by atoms with van der Waals surface area (Å²) in [5.41, 5.74) is 1.05. The van der Waals surface area contributed by atoms with E-state index in [1.807, 2.05) is 6.07 Å². The number of imidazole rings is 1. The highest BCUT2D eigenvalue weighted by Crippen LogP contribution is 2.18. The highest BCUT2D eigenvalue weighted by atomic mass is 16.5. The zero-order chi connectivity index (χ0) is 16.9. The van der Waals surface area contributed by atoms with Crippen molar-refractivity contribution in [2.75, 3.05) is 11.9 Å². The van der Waals surface area contributed by atoms with E-state index in [2.05, 4.69) is 20.3 Å². The molecule has 0 saturated heterocycles. The number of fused-ring (bicyclic) bond motifs is 1. The molecule has 0 fully saturated rings. The first-order valence-corrected chi connectivity index (χ1v) is 7.45. The van der Waals surface area contributed by atoms with E-state index in [1.165, 1.54) is 12.7 Å². The van der Waals surface area contributed by atoms with E-state index in [4.69, 9.17) is 9.15 Å². The predicted octanol–water partition coefficient (Wildman–Crippen LogP) is 0.955. The summed E-state index contributed by atoms with van der Waals surface area (Å²) in [5.74, 6) is 0.629. The first kappa shape index (κ1) is 15.9. The quantitative estimate of drug-likeness (QED) is 0.615. The minimum absolute atomic E-state index is 0.00394. The molecule has 0 bridgehead atoms. The van der Waals surface area contributed by atoms with Crippen molar-refractivity contribution in [3.05, 3.63) is 36.8 Å². The number of hydrogen-bond donors (Lipinski definition) is 2. The highest BCUT2D eigenvalue weighted by molar-refractivity contribution is 5.83. The largest absolute Gasteiger partial charge is 0.467 e. The van der Waals surface area contributed by atoms with E-state index in [1.54, 1.807) is 23.8 Å². The Morgan fingerprint density at radius 1 is 1.46 bits per heavy atom. The number of carbonyl (C=O) groups is 1. The number of aromatic nitrogens is 4. The van der Waals surface area contributed by atoms with Crippen molar-refractivity contribution < 1.29 is 19.1 Å². The lowest BCUT2D eigenvalue weighted by Crippen LogP contribution is -2.27. The fourth-order valence-corrected chi connectivity index (χ4v) is 2.23. The van der Waals surface area contributed by atoms with Crippen LogP contribution in [0.5, 0.6) is 0 Å². The maximum Gasteiger partial charge on any atom is 0.336 e. The van der Waals surface area contributed by atoms with Gasteiger partial charge in [-0.15, -0.1) is 0 Å². The molecule has 0 aliphatic carbocycles. The number of aliphatic hydroxyl groups is 1. The number of nitrogens with zero attached hydrogens (tertiary/aromatic N) is 4. The van der Waals surface area contributed by atoms with Crippen molar-refractivity contribution >= 4 is 23.0 Å². The van der Waals surface area contributed by atoms with E-state index < -0.39 is 12.1 Å². The second kappa shape index (κ2) is 7.09. The minimum atomic E-state index is -1.28. The van der Waals surface area contributed by atoms with Crippen LogP contribution in [-0.2, 0) is 22.6 Å². The average Bonchev–Trinajstić information content (AvgIpc) is 3.23. The van der Waals surface area contributed by atoms with Gasteiger partial charge < -0.3 is 24.1 Å². The van der Waals surface area contributed by atoms with Gasteiger partial charge in [-0.05, 0) is 19.1 Å². The Hall–Kier alpha value is -2.94. The number of aliphatic hydroxyl groups excluding tert-OH is 1. The van der Waals surface area contributed by atoms with Crippen molar-refractivity contribution in [3.63, 3.8) is 0 Å².